The number of nitrogens with zero attached hydrogens (tertiary/aromatic N) is 1. The number of benzene rings is 2. The third-order valence-electron chi connectivity index (χ3n) is 3.70. The molecule has 2 aromatic carbocycles. The van der Waals surface area contributed by atoms with Crippen molar-refractivity contribution < 1.29 is 14.4 Å². The molecule has 0 aliphatic heterocycles. The number of aryl methyl sites for hydroxylation is 2. The minimum Gasteiger partial charge on any atom is -0.489 e. The Morgan fingerprint density at radius 1 is 1.20 bits per heavy atom. The van der Waals surface area contributed by atoms with E-state index in [1.165, 1.54) is 7.11 Å². The van der Waals surface area contributed by atoms with Crippen LogP contribution in [-0.2, 0) is 16.2 Å². The predicted molar refractivity (Wildman–Crippen MR) is 99.3 cm³/mol. The molecular formula is C19H21ClN2O3. The van der Waals surface area contributed by atoms with Gasteiger partial charge in [-0.25, -0.2) is 0 Å². The van der Waals surface area contributed by atoms with Gasteiger partial charge in [-0.1, -0.05) is 41.0 Å². The maximum absolute atomic E-state index is 12.1. The maximum atomic E-state index is 12.1. The summed E-state index contributed by atoms with van der Waals surface area (Å²) in [6.07, 6.45) is 0. The number of oxime groups is 1. The topological polar surface area (TPSA) is 59.9 Å². The van der Waals surface area contributed by atoms with Gasteiger partial charge in [0, 0.05) is 17.6 Å². The van der Waals surface area contributed by atoms with Crippen LogP contribution in [-0.4, -0.2) is 25.8 Å². The van der Waals surface area contributed by atoms with Crippen molar-refractivity contribution in [1.29, 1.82) is 0 Å². The number of amides is 1. The first-order valence-corrected chi connectivity index (χ1v) is 8.16. The largest absolute Gasteiger partial charge is 0.489 e. The fraction of sp³-hybridized carbons (Fsp3) is 0.263. The van der Waals surface area contributed by atoms with Gasteiger partial charge in [0.25, 0.3) is 5.91 Å². The Kier molecular flexibility index (Phi) is 6.42. The van der Waals surface area contributed by atoms with E-state index in [0.717, 1.165) is 27.5 Å². The summed E-state index contributed by atoms with van der Waals surface area (Å²) >= 11 is 6.19. The van der Waals surface area contributed by atoms with Crippen LogP contribution in [0.2, 0.25) is 5.02 Å². The fourth-order valence-electron chi connectivity index (χ4n) is 2.45. The van der Waals surface area contributed by atoms with Crippen LogP contribution in [0.25, 0.3) is 0 Å². The first-order chi connectivity index (χ1) is 12.0. The summed E-state index contributed by atoms with van der Waals surface area (Å²) in [5.41, 5.74) is 3.60. The highest BCUT2D eigenvalue weighted by Crippen LogP contribution is 2.26. The second kappa shape index (κ2) is 8.53. The van der Waals surface area contributed by atoms with E-state index in [1.807, 2.05) is 50.2 Å². The fourth-order valence-corrected chi connectivity index (χ4v) is 2.56. The van der Waals surface area contributed by atoms with Gasteiger partial charge in [-0.2, -0.15) is 0 Å². The van der Waals surface area contributed by atoms with E-state index in [9.17, 15) is 4.79 Å². The second-order valence-electron chi connectivity index (χ2n) is 5.52. The summed E-state index contributed by atoms with van der Waals surface area (Å²) in [5, 5.41) is 7.16. The van der Waals surface area contributed by atoms with Crippen molar-refractivity contribution in [2.75, 3.05) is 14.2 Å². The van der Waals surface area contributed by atoms with Crippen molar-refractivity contribution in [3.63, 3.8) is 0 Å². The number of rotatable bonds is 6. The highest BCUT2D eigenvalue weighted by atomic mass is 35.5. The molecule has 0 fully saturated rings. The van der Waals surface area contributed by atoms with Crippen LogP contribution < -0.4 is 10.1 Å². The average molecular weight is 361 g/mol. The zero-order valence-electron chi connectivity index (χ0n) is 14.7. The predicted octanol–water partition coefficient (Wildman–Crippen LogP) is 3.63. The molecule has 0 aromatic heterocycles. The number of nitrogens with one attached hydrogen (secondary N) is 1. The highest BCUT2D eigenvalue weighted by molar-refractivity contribution is 6.45. The molecule has 6 heteroatoms. The molecule has 0 unspecified atom stereocenters. The molecule has 2 aromatic rings. The molecular weight excluding hydrogens is 340 g/mol. The van der Waals surface area contributed by atoms with Crippen LogP contribution in [0.1, 0.15) is 22.3 Å². The van der Waals surface area contributed by atoms with Gasteiger partial charge in [0.1, 0.15) is 19.5 Å². The van der Waals surface area contributed by atoms with Gasteiger partial charge in [0.05, 0.1) is 0 Å². The van der Waals surface area contributed by atoms with Crippen LogP contribution in [0, 0.1) is 13.8 Å². The lowest BCUT2D eigenvalue weighted by Gasteiger charge is -2.13. The lowest BCUT2D eigenvalue weighted by atomic mass is 10.0. The van der Waals surface area contributed by atoms with Crippen molar-refractivity contribution in [3.8, 4) is 5.75 Å². The summed E-state index contributed by atoms with van der Waals surface area (Å²) in [6, 6.07) is 11.2. The third-order valence-corrected chi connectivity index (χ3v) is 4.30. The van der Waals surface area contributed by atoms with Crippen LogP contribution in [0.4, 0.5) is 0 Å². The number of hydrogen-bond donors (Lipinski definition) is 1. The van der Waals surface area contributed by atoms with Gasteiger partial charge in [-0.05, 0) is 42.7 Å². The number of hydrogen-bond acceptors (Lipinski definition) is 4. The highest BCUT2D eigenvalue weighted by Gasteiger charge is 2.17. The molecule has 0 radical (unpaired) electrons. The molecule has 0 aliphatic rings. The molecule has 0 saturated carbocycles. The van der Waals surface area contributed by atoms with E-state index in [-0.39, 0.29) is 18.2 Å². The van der Waals surface area contributed by atoms with Crippen molar-refractivity contribution in [2.45, 2.75) is 20.5 Å². The van der Waals surface area contributed by atoms with E-state index < -0.39 is 0 Å². The Labute approximate surface area is 152 Å². The molecule has 25 heavy (non-hydrogen) atoms. The summed E-state index contributed by atoms with van der Waals surface area (Å²) in [7, 11) is 2.95. The van der Waals surface area contributed by atoms with Crippen molar-refractivity contribution in [1.82, 2.24) is 5.32 Å². The van der Waals surface area contributed by atoms with Gasteiger partial charge in [0.2, 0.25) is 0 Å². The summed E-state index contributed by atoms with van der Waals surface area (Å²) in [5.74, 6) is 0.395. The average Bonchev–Trinajstić information content (AvgIpc) is 2.62. The zero-order valence-corrected chi connectivity index (χ0v) is 15.5. The molecule has 0 atom stereocenters. The molecule has 1 amide bonds. The standard InChI is InChI=1S/C19H21ClN2O3/c1-12-9-15(10-13(2)17(12)20)25-11-14-7-5-6-8-16(14)18(22-24-4)19(23)21-3/h5-10H,11H2,1-4H3,(H,21,23). The Bertz CT molecular complexity index is 780. The number of ether oxygens (including phenoxy) is 1. The minimum absolute atomic E-state index is 0.202. The monoisotopic (exact) mass is 360 g/mol. The smallest absolute Gasteiger partial charge is 0.273 e. The Morgan fingerprint density at radius 2 is 1.84 bits per heavy atom. The van der Waals surface area contributed by atoms with Crippen molar-refractivity contribution >= 4 is 23.2 Å². The van der Waals surface area contributed by atoms with E-state index in [0.29, 0.717) is 5.56 Å². The van der Waals surface area contributed by atoms with E-state index in [1.54, 1.807) is 7.05 Å². The summed E-state index contributed by atoms with van der Waals surface area (Å²) in [4.78, 5) is 16.9. The molecule has 5 nitrogen and oxygen atoms in total. The molecule has 0 spiro atoms. The van der Waals surface area contributed by atoms with Crippen LogP contribution >= 0.6 is 11.6 Å². The van der Waals surface area contributed by atoms with E-state index in [4.69, 9.17) is 21.2 Å². The Morgan fingerprint density at radius 3 is 2.44 bits per heavy atom. The second-order valence-corrected chi connectivity index (χ2v) is 5.90. The third kappa shape index (κ3) is 4.51. The molecule has 2 rings (SSSR count). The van der Waals surface area contributed by atoms with Crippen LogP contribution in [0.15, 0.2) is 41.6 Å². The normalized spacial score (nSPS) is 11.2. The van der Waals surface area contributed by atoms with Gasteiger partial charge in [0.15, 0.2) is 5.71 Å². The van der Waals surface area contributed by atoms with Gasteiger partial charge < -0.3 is 14.9 Å². The van der Waals surface area contributed by atoms with Gasteiger partial charge in [-0.3, -0.25) is 4.79 Å². The molecule has 0 saturated heterocycles. The number of carbonyl (C=O) groups is 1. The zero-order chi connectivity index (χ0) is 18.4. The van der Waals surface area contributed by atoms with Crippen molar-refractivity contribution in [3.05, 3.63) is 63.7 Å². The number of carbonyl (C=O) groups excluding carboxylic acids is 1. The first-order valence-electron chi connectivity index (χ1n) is 7.79. The Hall–Kier alpha value is -2.53. The molecule has 0 heterocycles. The van der Waals surface area contributed by atoms with Gasteiger partial charge >= 0.3 is 0 Å². The first kappa shape index (κ1) is 18.8. The van der Waals surface area contributed by atoms with E-state index in [2.05, 4.69) is 10.5 Å². The quantitative estimate of drug-likeness (QED) is 0.632. The Balaban J connectivity index is 2.29. The molecule has 132 valence electrons. The maximum Gasteiger partial charge on any atom is 0.273 e. The number of halogens is 1. The van der Waals surface area contributed by atoms with Crippen molar-refractivity contribution in [2.24, 2.45) is 5.16 Å². The lowest BCUT2D eigenvalue weighted by Crippen LogP contribution is -2.29. The molecule has 0 bridgehead atoms. The van der Waals surface area contributed by atoms with E-state index >= 15 is 0 Å². The SMILES string of the molecule is CNC(=O)C(=NOC)c1ccccc1COc1cc(C)c(Cl)c(C)c1. The van der Waals surface area contributed by atoms with Crippen LogP contribution in [0.3, 0.4) is 0 Å². The number of likely N-dealkylation sites (N-methyl/N-ethyl adjacent to an activating group) is 1. The van der Waals surface area contributed by atoms with Crippen LogP contribution in [0.5, 0.6) is 5.75 Å². The summed E-state index contributed by atoms with van der Waals surface area (Å²) in [6.45, 7) is 4.16. The molecule has 0 aliphatic carbocycles. The minimum atomic E-state index is -0.326. The lowest BCUT2D eigenvalue weighted by molar-refractivity contribution is -0.114. The molecule has 1 N–H and O–H groups in total. The van der Waals surface area contributed by atoms with Gasteiger partial charge in [-0.15, -0.1) is 0 Å². The summed E-state index contributed by atoms with van der Waals surface area (Å²) < 4.78 is 5.90.